The summed E-state index contributed by atoms with van der Waals surface area (Å²) in [5.41, 5.74) is 0.393. The SMILES string of the molecule is CC(C)CC(C(=O)N1CCC2(CCCN(C)C2)CC1)N1CCN[C@@H](CC(C)C)C1=O. The molecule has 3 heterocycles. The van der Waals surface area contributed by atoms with Gasteiger partial charge in [-0.05, 0) is 69.4 Å². The van der Waals surface area contributed by atoms with E-state index in [0.717, 1.165) is 51.9 Å². The molecule has 172 valence electrons. The number of piperazine rings is 1. The summed E-state index contributed by atoms with van der Waals surface area (Å²) in [7, 11) is 2.22. The number of rotatable bonds is 6. The molecule has 0 saturated carbocycles. The first-order valence-corrected chi connectivity index (χ1v) is 12.2. The van der Waals surface area contributed by atoms with Crippen LogP contribution in [0, 0.1) is 17.3 Å². The Labute approximate surface area is 183 Å². The molecule has 0 aliphatic carbocycles. The van der Waals surface area contributed by atoms with Crippen LogP contribution in [-0.4, -0.2) is 84.9 Å². The molecule has 3 fully saturated rings. The predicted octanol–water partition coefficient (Wildman–Crippen LogP) is 2.58. The van der Waals surface area contributed by atoms with E-state index in [1.807, 2.05) is 4.90 Å². The van der Waals surface area contributed by atoms with Crippen LogP contribution in [0.25, 0.3) is 0 Å². The third kappa shape index (κ3) is 5.56. The first kappa shape index (κ1) is 23.5. The Morgan fingerprint density at radius 3 is 2.37 bits per heavy atom. The third-order valence-electron chi connectivity index (χ3n) is 7.38. The van der Waals surface area contributed by atoms with Gasteiger partial charge in [-0.15, -0.1) is 0 Å². The van der Waals surface area contributed by atoms with Gasteiger partial charge in [0.05, 0.1) is 6.04 Å². The first-order chi connectivity index (χ1) is 14.2. The van der Waals surface area contributed by atoms with Crippen molar-refractivity contribution in [3.8, 4) is 0 Å². The van der Waals surface area contributed by atoms with Crippen LogP contribution in [0.2, 0.25) is 0 Å². The molecule has 3 rings (SSSR count). The van der Waals surface area contributed by atoms with E-state index in [9.17, 15) is 9.59 Å². The topological polar surface area (TPSA) is 55.9 Å². The second kappa shape index (κ2) is 9.99. The molecule has 0 bridgehead atoms. The average molecular weight is 421 g/mol. The molecule has 3 aliphatic heterocycles. The van der Waals surface area contributed by atoms with Crippen LogP contribution in [-0.2, 0) is 9.59 Å². The lowest BCUT2D eigenvalue weighted by Crippen LogP contribution is -2.62. The van der Waals surface area contributed by atoms with Crippen molar-refractivity contribution < 1.29 is 9.59 Å². The molecular formula is C24H44N4O2. The van der Waals surface area contributed by atoms with Crippen LogP contribution in [0.4, 0.5) is 0 Å². The molecule has 3 saturated heterocycles. The number of hydrogen-bond acceptors (Lipinski definition) is 4. The first-order valence-electron chi connectivity index (χ1n) is 12.2. The van der Waals surface area contributed by atoms with Gasteiger partial charge in [0, 0.05) is 32.7 Å². The van der Waals surface area contributed by atoms with Crippen molar-refractivity contribution in [2.24, 2.45) is 17.3 Å². The van der Waals surface area contributed by atoms with E-state index in [1.165, 1.54) is 19.4 Å². The van der Waals surface area contributed by atoms with Gasteiger partial charge in [0.15, 0.2) is 0 Å². The van der Waals surface area contributed by atoms with E-state index < -0.39 is 0 Å². The largest absolute Gasteiger partial charge is 0.341 e. The number of carbonyl (C=O) groups excluding carboxylic acids is 2. The van der Waals surface area contributed by atoms with Crippen LogP contribution < -0.4 is 5.32 Å². The average Bonchev–Trinajstić information content (AvgIpc) is 2.67. The van der Waals surface area contributed by atoms with Gasteiger partial charge < -0.3 is 20.0 Å². The van der Waals surface area contributed by atoms with Gasteiger partial charge in [0.2, 0.25) is 11.8 Å². The molecular weight excluding hydrogens is 376 g/mol. The molecule has 3 aliphatic rings. The molecule has 6 nitrogen and oxygen atoms in total. The summed E-state index contributed by atoms with van der Waals surface area (Å²) in [6.45, 7) is 14.1. The number of nitrogens with one attached hydrogen (secondary N) is 1. The molecule has 0 aromatic heterocycles. The second-order valence-corrected chi connectivity index (χ2v) is 11.0. The number of likely N-dealkylation sites (tertiary alicyclic amines) is 2. The molecule has 0 aromatic rings. The smallest absolute Gasteiger partial charge is 0.245 e. The highest BCUT2D eigenvalue weighted by molar-refractivity contribution is 5.90. The van der Waals surface area contributed by atoms with Crippen LogP contribution in [0.1, 0.15) is 66.2 Å². The Balaban J connectivity index is 1.68. The number of hydrogen-bond donors (Lipinski definition) is 1. The Morgan fingerprint density at radius 2 is 1.77 bits per heavy atom. The lowest BCUT2D eigenvalue weighted by Gasteiger charge is -2.48. The van der Waals surface area contributed by atoms with E-state index in [0.29, 0.717) is 23.8 Å². The van der Waals surface area contributed by atoms with Crippen LogP contribution in [0.3, 0.4) is 0 Å². The summed E-state index contributed by atoms with van der Waals surface area (Å²) in [5.74, 6) is 1.14. The van der Waals surface area contributed by atoms with Crippen molar-refractivity contribution in [2.75, 3.05) is 46.3 Å². The van der Waals surface area contributed by atoms with Gasteiger partial charge in [-0.25, -0.2) is 0 Å². The fraction of sp³-hybridized carbons (Fsp3) is 0.917. The highest BCUT2D eigenvalue weighted by Gasteiger charge is 2.42. The molecule has 6 heteroatoms. The summed E-state index contributed by atoms with van der Waals surface area (Å²) < 4.78 is 0. The monoisotopic (exact) mass is 420 g/mol. The van der Waals surface area contributed by atoms with Crippen molar-refractivity contribution in [1.82, 2.24) is 20.0 Å². The van der Waals surface area contributed by atoms with Crippen molar-refractivity contribution >= 4 is 11.8 Å². The van der Waals surface area contributed by atoms with Gasteiger partial charge in [-0.3, -0.25) is 9.59 Å². The van der Waals surface area contributed by atoms with Crippen LogP contribution in [0.15, 0.2) is 0 Å². The second-order valence-electron chi connectivity index (χ2n) is 11.0. The van der Waals surface area contributed by atoms with E-state index in [2.05, 4.69) is 49.9 Å². The fourth-order valence-corrected chi connectivity index (χ4v) is 5.80. The molecule has 2 amide bonds. The Bertz CT molecular complexity index is 598. The molecule has 1 spiro atoms. The summed E-state index contributed by atoms with van der Waals surface area (Å²) >= 11 is 0. The maximum absolute atomic E-state index is 13.6. The zero-order valence-electron chi connectivity index (χ0n) is 20.0. The van der Waals surface area contributed by atoms with Crippen LogP contribution >= 0.6 is 0 Å². The minimum atomic E-state index is -0.308. The van der Waals surface area contributed by atoms with Crippen LogP contribution in [0.5, 0.6) is 0 Å². The maximum atomic E-state index is 13.6. The minimum Gasteiger partial charge on any atom is -0.341 e. The highest BCUT2D eigenvalue weighted by atomic mass is 16.2. The number of piperidine rings is 2. The zero-order valence-corrected chi connectivity index (χ0v) is 20.0. The van der Waals surface area contributed by atoms with Crippen molar-refractivity contribution in [3.63, 3.8) is 0 Å². The third-order valence-corrected chi connectivity index (χ3v) is 7.38. The molecule has 2 atom stereocenters. The van der Waals surface area contributed by atoms with Crippen molar-refractivity contribution in [2.45, 2.75) is 78.3 Å². The quantitative estimate of drug-likeness (QED) is 0.718. The van der Waals surface area contributed by atoms with E-state index in [1.54, 1.807) is 0 Å². The van der Waals surface area contributed by atoms with Gasteiger partial charge in [-0.1, -0.05) is 27.7 Å². The minimum absolute atomic E-state index is 0.122. The molecule has 0 aromatic carbocycles. The summed E-state index contributed by atoms with van der Waals surface area (Å²) in [6, 6.07) is -0.457. The lowest BCUT2D eigenvalue weighted by atomic mass is 9.72. The lowest BCUT2D eigenvalue weighted by molar-refractivity contribution is -0.151. The van der Waals surface area contributed by atoms with Crippen molar-refractivity contribution in [3.05, 3.63) is 0 Å². The highest BCUT2D eigenvalue weighted by Crippen LogP contribution is 2.39. The predicted molar refractivity (Wildman–Crippen MR) is 121 cm³/mol. The van der Waals surface area contributed by atoms with Gasteiger partial charge in [0.1, 0.15) is 6.04 Å². The Hall–Kier alpha value is -1.14. The van der Waals surface area contributed by atoms with E-state index in [4.69, 9.17) is 0 Å². The maximum Gasteiger partial charge on any atom is 0.245 e. The van der Waals surface area contributed by atoms with Crippen molar-refractivity contribution in [1.29, 1.82) is 0 Å². The fourth-order valence-electron chi connectivity index (χ4n) is 5.80. The van der Waals surface area contributed by atoms with Gasteiger partial charge in [0.25, 0.3) is 0 Å². The number of amides is 2. The number of nitrogens with zero attached hydrogens (tertiary/aromatic N) is 3. The molecule has 0 radical (unpaired) electrons. The van der Waals surface area contributed by atoms with E-state index >= 15 is 0 Å². The van der Waals surface area contributed by atoms with Gasteiger partial charge in [-0.2, -0.15) is 0 Å². The molecule has 1 unspecified atom stereocenters. The molecule has 30 heavy (non-hydrogen) atoms. The van der Waals surface area contributed by atoms with E-state index in [-0.39, 0.29) is 23.9 Å². The van der Waals surface area contributed by atoms with Gasteiger partial charge >= 0.3 is 0 Å². The standard InChI is InChI=1S/C24H44N4O2/c1-18(2)15-20-22(29)28(14-10-25-20)21(16-19(3)4)23(30)27-12-8-24(9-13-27)7-6-11-26(5)17-24/h18-21,25H,6-17H2,1-5H3/t20-,21?/m0/s1. The Kier molecular flexibility index (Phi) is 7.83. The molecule has 1 N–H and O–H groups in total. The Morgan fingerprint density at radius 1 is 1.07 bits per heavy atom. The summed E-state index contributed by atoms with van der Waals surface area (Å²) in [5, 5.41) is 3.38. The summed E-state index contributed by atoms with van der Waals surface area (Å²) in [6.07, 6.45) is 6.35. The normalized spacial score (nSPS) is 26.6. The number of carbonyl (C=O) groups is 2. The summed E-state index contributed by atoms with van der Waals surface area (Å²) in [4.78, 5) is 33.3. The zero-order chi connectivity index (χ0) is 21.9.